The monoisotopic (exact) mass is 176 g/mol. The Morgan fingerprint density at radius 2 is 2.08 bits per heavy atom. The van der Waals surface area contributed by atoms with Crippen LogP contribution in [-0.4, -0.2) is 0 Å². The minimum Gasteiger partial charge on any atom is -0.102 e. The van der Waals surface area contributed by atoms with Crippen LogP contribution in [0.3, 0.4) is 0 Å². The van der Waals surface area contributed by atoms with Gasteiger partial charge in [-0.3, -0.25) is 0 Å². The van der Waals surface area contributed by atoms with Crippen molar-refractivity contribution in [2.45, 2.75) is 34.1 Å². The van der Waals surface area contributed by atoms with Gasteiger partial charge in [0, 0.05) is 5.41 Å². The summed E-state index contributed by atoms with van der Waals surface area (Å²) in [5.74, 6) is 0. The van der Waals surface area contributed by atoms with Crippen LogP contribution in [0.4, 0.5) is 0 Å². The first-order chi connectivity index (χ1) is 5.87. The second-order valence-electron chi connectivity index (χ2n) is 5.17. The van der Waals surface area contributed by atoms with Crippen LogP contribution in [0.1, 0.15) is 34.1 Å². The summed E-state index contributed by atoms with van der Waals surface area (Å²) in [6.07, 6.45) is 9.96. The largest absolute Gasteiger partial charge is 0.102 e. The van der Waals surface area contributed by atoms with Crippen LogP contribution in [0.5, 0.6) is 0 Å². The van der Waals surface area contributed by atoms with E-state index in [0.29, 0.717) is 0 Å². The van der Waals surface area contributed by atoms with E-state index in [0.717, 1.165) is 6.42 Å². The van der Waals surface area contributed by atoms with E-state index in [1.165, 1.54) is 5.57 Å². The lowest BCUT2D eigenvalue weighted by molar-refractivity contribution is 0.478. The summed E-state index contributed by atoms with van der Waals surface area (Å²) in [7, 11) is 0. The molecule has 1 aliphatic carbocycles. The van der Waals surface area contributed by atoms with E-state index < -0.39 is 0 Å². The van der Waals surface area contributed by atoms with Gasteiger partial charge in [-0.05, 0) is 17.4 Å². The zero-order chi connectivity index (χ0) is 10.1. The number of hydrogen-bond acceptors (Lipinski definition) is 0. The molecule has 1 atom stereocenters. The van der Waals surface area contributed by atoms with Gasteiger partial charge in [0.1, 0.15) is 0 Å². The summed E-state index contributed by atoms with van der Waals surface area (Å²) in [6.45, 7) is 12.9. The van der Waals surface area contributed by atoms with E-state index in [1.54, 1.807) is 0 Å². The molecule has 0 nitrogen and oxygen atoms in total. The minimum atomic E-state index is 0.164. The summed E-state index contributed by atoms with van der Waals surface area (Å²) in [6, 6.07) is 0. The molecule has 1 aliphatic rings. The summed E-state index contributed by atoms with van der Waals surface area (Å²) in [4.78, 5) is 0. The van der Waals surface area contributed by atoms with Gasteiger partial charge in [-0.25, -0.2) is 0 Å². The van der Waals surface area contributed by atoms with Gasteiger partial charge in [-0.15, -0.1) is 6.58 Å². The summed E-state index contributed by atoms with van der Waals surface area (Å²) in [5, 5.41) is 0. The molecule has 0 aromatic rings. The van der Waals surface area contributed by atoms with Gasteiger partial charge >= 0.3 is 0 Å². The predicted octanol–water partition coefficient (Wildman–Crippen LogP) is 4.11. The predicted molar refractivity (Wildman–Crippen MR) is 59.6 cm³/mol. The van der Waals surface area contributed by atoms with E-state index in [1.807, 2.05) is 6.08 Å². The van der Waals surface area contributed by atoms with Gasteiger partial charge < -0.3 is 0 Å². The van der Waals surface area contributed by atoms with Crippen LogP contribution in [0.15, 0.2) is 36.5 Å². The van der Waals surface area contributed by atoms with Gasteiger partial charge in [0.15, 0.2) is 0 Å². The molecule has 72 valence electrons. The van der Waals surface area contributed by atoms with Gasteiger partial charge in [-0.1, -0.05) is 52.0 Å². The highest BCUT2D eigenvalue weighted by Gasteiger charge is 2.24. The van der Waals surface area contributed by atoms with E-state index in [-0.39, 0.29) is 10.8 Å². The maximum atomic E-state index is 3.89. The SMILES string of the molecule is C=CC1(C)C=C(C(C)(C)C)C=CC1. The quantitative estimate of drug-likeness (QED) is 0.527. The van der Waals surface area contributed by atoms with Gasteiger partial charge in [-0.2, -0.15) is 0 Å². The maximum Gasteiger partial charge on any atom is 0.00706 e. The van der Waals surface area contributed by atoms with Gasteiger partial charge in [0.2, 0.25) is 0 Å². The lowest BCUT2D eigenvalue weighted by Crippen LogP contribution is -2.17. The molecule has 0 N–H and O–H groups in total. The third-order valence-electron chi connectivity index (χ3n) is 2.67. The zero-order valence-corrected chi connectivity index (χ0v) is 9.22. The van der Waals surface area contributed by atoms with E-state index in [4.69, 9.17) is 0 Å². The lowest BCUT2D eigenvalue weighted by Gasteiger charge is -2.30. The standard InChI is InChI=1S/C13H20/c1-6-13(5)9-7-8-11(10-13)12(2,3)4/h6-8,10H,1,9H2,2-5H3. The molecule has 0 aliphatic heterocycles. The first kappa shape index (κ1) is 10.3. The summed E-state index contributed by atoms with van der Waals surface area (Å²) < 4.78 is 0. The Morgan fingerprint density at radius 1 is 1.46 bits per heavy atom. The Hall–Kier alpha value is -0.780. The molecule has 0 spiro atoms. The van der Waals surface area contributed by atoms with E-state index >= 15 is 0 Å². The summed E-state index contributed by atoms with van der Waals surface area (Å²) >= 11 is 0. The second-order valence-corrected chi connectivity index (χ2v) is 5.17. The van der Waals surface area contributed by atoms with Crippen molar-refractivity contribution in [3.05, 3.63) is 36.5 Å². The topological polar surface area (TPSA) is 0 Å². The molecule has 0 amide bonds. The van der Waals surface area contributed by atoms with Crippen molar-refractivity contribution in [3.63, 3.8) is 0 Å². The third-order valence-corrected chi connectivity index (χ3v) is 2.67. The fourth-order valence-electron chi connectivity index (χ4n) is 1.51. The Labute approximate surface area is 82.0 Å². The molecule has 0 fully saturated rings. The Balaban J connectivity index is 3.00. The molecule has 1 rings (SSSR count). The van der Waals surface area contributed by atoms with Gasteiger partial charge in [0.25, 0.3) is 0 Å². The number of hydrogen-bond donors (Lipinski definition) is 0. The van der Waals surface area contributed by atoms with Crippen LogP contribution in [0, 0.1) is 10.8 Å². The van der Waals surface area contributed by atoms with Crippen LogP contribution in [0.25, 0.3) is 0 Å². The van der Waals surface area contributed by atoms with Crippen molar-refractivity contribution in [2.75, 3.05) is 0 Å². The van der Waals surface area contributed by atoms with Crippen molar-refractivity contribution in [3.8, 4) is 0 Å². The molecule has 0 aromatic heterocycles. The Bertz CT molecular complexity index is 260. The van der Waals surface area contributed by atoms with Crippen LogP contribution >= 0.6 is 0 Å². The third kappa shape index (κ3) is 2.33. The van der Waals surface area contributed by atoms with Crippen molar-refractivity contribution < 1.29 is 0 Å². The van der Waals surface area contributed by atoms with E-state index in [9.17, 15) is 0 Å². The van der Waals surface area contributed by atoms with Crippen LogP contribution in [-0.2, 0) is 0 Å². The Morgan fingerprint density at radius 3 is 2.54 bits per heavy atom. The molecule has 0 saturated carbocycles. The van der Waals surface area contributed by atoms with Gasteiger partial charge in [0.05, 0.1) is 0 Å². The fraction of sp³-hybridized carbons (Fsp3) is 0.538. The second kappa shape index (κ2) is 3.17. The molecule has 0 heterocycles. The average molecular weight is 176 g/mol. The lowest BCUT2D eigenvalue weighted by atomic mass is 9.75. The molecule has 0 heteroatoms. The highest BCUT2D eigenvalue weighted by molar-refractivity contribution is 5.33. The molecule has 0 saturated heterocycles. The van der Waals surface area contributed by atoms with E-state index in [2.05, 4.69) is 52.5 Å². The van der Waals surface area contributed by atoms with Crippen LogP contribution in [0.2, 0.25) is 0 Å². The first-order valence-electron chi connectivity index (χ1n) is 4.91. The molecular weight excluding hydrogens is 156 g/mol. The molecule has 0 aromatic carbocycles. The van der Waals surface area contributed by atoms with Crippen LogP contribution < -0.4 is 0 Å². The normalized spacial score (nSPS) is 28.5. The zero-order valence-electron chi connectivity index (χ0n) is 9.22. The summed E-state index contributed by atoms with van der Waals surface area (Å²) in [5.41, 5.74) is 1.83. The fourth-order valence-corrected chi connectivity index (χ4v) is 1.51. The molecule has 0 bridgehead atoms. The highest BCUT2D eigenvalue weighted by Crippen LogP contribution is 2.37. The highest BCUT2D eigenvalue weighted by atomic mass is 14.3. The smallest absolute Gasteiger partial charge is 0.00706 e. The Kier molecular flexibility index (Phi) is 2.51. The minimum absolute atomic E-state index is 0.164. The van der Waals surface area contributed by atoms with Crippen molar-refractivity contribution in [2.24, 2.45) is 10.8 Å². The van der Waals surface area contributed by atoms with Crippen molar-refractivity contribution >= 4 is 0 Å². The van der Waals surface area contributed by atoms with Crippen molar-refractivity contribution in [1.29, 1.82) is 0 Å². The molecule has 1 unspecified atom stereocenters. The molecule has 0 radical (unpaired) electrons. The van der Waals surface area contributed by atoms with Crippen molar-refractivity contribution in [1.82, 2.24) is 0 Å². The number of allylic oxidation sites excluding steroid dienone is 5. The first-order valence-corrected chi connectivity index (χ1v) is 4.91. The average Bonchev–Trinajstić information content (AvgIpc) is 2.03. The maximum absolute atomic E-state index is 3.89. The molecule has 13 heavy (non-hydrogen) atoms. The molecular formula is C13H20. The number of rotatable bonds is 1.